The molecule has 0 aliphatic heterocycles. The summed E-state index contributed by atoms with van der Waals surface area (Å²) in [6.07, 6.45) is 0. The van der Waals surface area contributed by atoms with Gasteiger partial charge in [0.15, 0.2) is 0 Å². The minimum atomic E-state index is 0.419. The lowest BCUT2D eigenvalue weighted by atomic mass is 9.56. The van der Waals surface area contributed by atoms with Crippen molar-refractivity contribution < 1.29 is 5.11 Å². The Morgan fingerprint density at radius 3 is 1.19 bits per heavy atom. The van der Waals surface area contributed by atoms with Crippen LogP contribution in [-0.4, -0.2) is 99.3 Å². The molecular weight excluding hydrogens is 362 g/mol. The van der Waals surface area contributed by atoms with Crippen LogP contribution in [0.4, 0.5) is 0 Å². The maximum atomic E-state index is 11.3. The third-order valence-corrected chi connectivity index (χ3v) is 8.07. The van der Waals surface area contributed by atoms with Crippen LogP contribution in [0.15, 0.2) is 6.07 Å². The van der Waals surface area contributed by atoms with Gasteiger partial charge in [-0.25, -0.2) is 0 Å². The predicted molar refractivity (Wildman–Crippen MR) is 177 cm³/mol. The number of rotatable bonds is 2. The zero-order valence-corrected chi connectivity index (χ0v) is 21.5. The Morgan fingerprint density at radius 1 is 0.355 bits per heavy atom. The average molecular weight is 388 g/mol. The van der Waals surface area contributed by atoms with Crippen LogP contribution >= 0.6 is 0 Å². The zero-order chi connectivity index (χ0) is 23.5. The zero-order valence-electron chi connectivity index (χ0n) is 21.5. The third kappa shape index (κ3) is 3.53. The van der Waals surface area contributed by atoms with Gasteiger partial charge in [0.2, 0.25) is 0 Å². The molecule has 0 aliphatic rings. The number of aromatic hydroxyl groups is 1. The van der Waals surface area contributed by atoms with Crippen molar-refractivity contribution in [3.05, 3.63) is 6.07 Å². The minimum absolute atomic E-state index is 0.419. The second-order valence-electron chi connectivity index (χ2n) is 9.61. The van der Waals surface area contributed by atoms with Gasteiger partial charge in [0, 0.05) is 0 Å². The Labute approximate surface area is 198 Å². The van der Waals surface area contributed by atoms with E-state index in [1.165, 1.54) is 76.9 Å². The first-order chi connectivity index (χ1) is 14.3. The van der Waals surface area contributed by atoms with Gasteiger partial charge in [-0.1, -0.05) is 38.8 Å². The first-order valence-electron chi connectivity index (χ1n) is 11.3. The quantitative estimate of drug-likeness (QED) is 0.433. The molecule has 140 valence electrons. The van der Waals surface area contributed by atoms with Crippen molar-refractivity contribution in [2.24, 2.45) is 0 Å². The van der Waals surface area contributed by atoms with Gasteiger partial charge in [0.1, 0.15) is 99.9 Å². The molecule has 0 unspecified atom stereocenters. The van der Waals surface area contributed by atoms with Crippen molar-refractivity contribution in [1.82, 2.24) is 0 Å². The number of phenols is 1. The molecule has 0 fully saturated rings. The number of hydrogen-bond acceptors (Lipinski definition) is 1. The molecule has 0 atom stereocenters. The number of benzene rings is 3. The van der Waals surface area contributed by atoms with Crippen molar-refractivity contribution in [3.63, 3.8) is 0 Å². The molecular formula is C18H26B12O. The fraction of sp³-hybridized carbons (Fsp3) is 0. The highest BCUT2D eigenvalue weighted by Gasteiger charge is 2.23. The van der Waals surface area contributed by atoms with Crippen molar-refractivity contribution in [1.29, 1.82) is 0 Å². The van der Waals surface area contributed by atoms with Gasteiger partial charge in [-0.3, -0.25) is 0 Å². The summed E-state index contributed by atoms with van der Waals surface area (Å²) in [4.78, 5) is 0. The lowest BCUT2D eigenvalue weighted by Gasteiger charge is -2.28. The first-order valence-corrected chi connectivity index (χ1v) is 11.3. The van der Waals surface area contributed by atoms with E-state index >= 15 is 0 Å². The van der Waals surface area contributed by atoms with Crippen molar-refractivity contribution in [2.45, 2.75) is 0 Å². The number of hydrogen-bond donors (Lipinski definition) is 1. The normalized spacial score (nSPS) is 11.0. The maximum Gasteiger partial charge on any atom is 0.144 e. The summed E-state index contributed by atoms with van der Waals surface area (Å²) in [5.41, 5.74) is 20.1. The molecule has 0 heterocycles. The van der Waals surface area contributed by atoms with Gasteiger partial charge < -0.3 is 5.11 Å². The van der Waals surface area contributed by atoms with Crippen LogP contribution in [0.5, 0.6) is 5.75 Å². The summed E-state index contributed by atoms with van der Waals surface area (Å²) in [6, 6.07) is 2.28. The molecule has 3 rings (SSSR count). The van der Waals surface area contributed by atoms with Gasteiger partial charge in [-0.05, 0) is 33.2 Å². The van der Waals surface area contributed by atoms with Crippen LogP contribution in [0.25, 0.3) is 22.3 Å². The Hall–Kier alpha value is -1.76. The lowest BCUT2D eigenvalue weighted by molar-refractivity contribution is 0.484. The molecule has 0 saturated carbocycles. The topological polar surface area (TPSA) is 20.2 Å². The van der Waals surface area contributed by atoms with E-state index in [1.54, 1.807) is 0 Å². The van der Waals surface area contributed by atoms with Crippen LogP contribution in [0.1, 0.15) is 0 Å². The van der Waals surface area contributed by atoms with E-state index in [1.807, 2.05) is 0 Å². The van der Waals surface area contributed by atoms with Crippen LogP contribution in [0.2, 0.25) is 0 Å². The monoisotopic (exact) mass is 390 g/mol. The van der Waals surface area contributed by atoms with E-state index < -0.39 is 0 Å². The maximum absolute atomic E-state index is 11.3. The summed E-state index contributed by atoms with van der Waals surface area (Å²) in [7, 11) is 26.3. The summed E-state index contributed by atoms with van der Waals surface area (Å²) in [6.45, 7) is 0. The Bertz CT molecular complexity index is 1240. The molecule has 1 N–H and O–H groups in total. The molecule has 3 aromatic rings. The van der Waals surface area contributed by atoms with Gasteiger partial charge in [-0.2, -0.15) is 0 Å². The second kappa shape index (κ2) is 8.30. The molecule has 0 bridgehead atoms. The smallest absolute Gasteiger partial charge is 0.144 e. The molecule has 0 aromatic heterocycles. The highest BCUT2D eigenvalue weighted by molar-refractivity contribution is 6.70. The molecule has 0 saturated heterocycles. The van der Waals surface area contributed by atoms with E-state index in [4.69, 9.17) is 0 Å². The van der Waals surface area contributed by atoms with Gasteiger partial charge in [0.25, 0.3) is 0 Å². The fourth-order valence-electron chi connectivity index (χ4n) is 5.50. The van der Waals surface area contributed by atoms with Gasteiger partial charge >= 0.3 is 0 Å². The largest absolute Gasteiger partial charge is 0.509 e. The molecule has 0 radical (unpaired) electrons. The van der Waals surface area contributed by atoms with Crippen molar-refractivity contribution >= 4 is 160 Å². The highest BCUT2D eigenvalue weighted by Crippen LogP contribution is 2.20. The van der Waals surface area contributed by atoms with Crippen molar-refractivity contribution in [2.75, 3.05) is 0 Å². The van der Waals surface area contributed by atoms with Gasteiger partial charge in [-0.15, -0.1) is 21.9 Å². The summed E-state index contributed by atoms with van der Waals surface area (Å²) in [5, 5.41) is 11.3. The van der Waals surface area contributed by atoms with E-state index in [0.717, 1.165) is 10.9 Å². The van der Waals surface area contributed by atoms with E-state index in [9.17, 15) is 5.11 Å². The Morgan fingerprint density at radius 2 is 0.710 bits per heavy atom. The molecule has 0 spiro atoms. The highest BCUT2D eigenvalue weighted by atomic mass is 16.3. The molecule has 31 heavy (non-hydrogen) atoms. The fourth-order valence-corrected chi connectivity index (χ4v) is 5.50. The summed E-state index contributed by atoms with van der Waals surface area (Å²) in [5.74, 6) is 0.419. The van der Waals surface area contributed by atoms with E-state index in [0.29, 0.717) is 5.75 Å². The molecule has 13 heteroatoms. The van der Waals surface area contributed by atoms with E-state index in [2.05, 4.69) is 100 Å². The molecule has 0 amide bonds. The summed E-state index contributed by atoms with van der Waals surface area (Å²) >= 11 is 0. The molecule has 1 nitrogen and oxygen atoms in total. The standard InChI is InChI=1S/C18H26B12O/c19-2-1-3(20)8(21)10(23)4(2)5-9(22)6(14(27)18(31)13(5)26)7-11(24)15(28)17(30)16(29)12(7)25/h1,31H,19-30H2. The van der Waals surface area contributed by atoms with Crippen molar-refractivity contribution in [3.8, 4) is 28.0 Å². The second-order valence-corrected chi connectivity index (χ2v) is 9.61. The van der Waals surface area contributed by atoms with E-state index in [-0.39, 0.29) is 0 Å². The van der Waals surface area contributed by atoms with Crippen LogP contribution in [0.3, 0.4) is 0 Å². The molecule has 0 aliphatic carbocycles. The Kier molecular flexibility index (Phi) is 6.40. The van der Waals surface area contributed by atoms with Crippen LogP contribution in [-0.2, 0) is 0 Å². The number of phenolic OH excluding ortho intramolecular Hbond substituents is 1. The van der Waals surface area contributed by atoms with Gasteiger partial charge in [0.05, 0.1) is 0 Å². The Balaban J connectivity index is 2.56. The lowest BCUT2D eigenvalue weighted by Crippen LogP contribution is -2.56. The molecule has 3 aromatic carbocycles. The SMILES string of the molecule is Bc1cc(B)c(-c2c(B)c(O)c(B)c(-c3c(B)c(B)c(B)c(B)c3B)c2B)c(B)c1B. The summed E-state index contributed by atoms with van der Waals surface area (Å²) < 4.78 is 0. The average Bonchev–Trinajstić information content (AvgIpc) is 2.72. The minimum Gasteiger partial charge on any atom is -0.509 e. The third-order valence-electron chi connectivity index (χ3n) is 8.07. The first kappa shape index (κ1) is 23.9. The van der Waals surface area contributed by atoms with Crippen LogP contribution < -0.4 is 65.6 Å². The van der Waals surface area contributed by atoms with Crippen LogP contribution in [0, 0.1) is 0 Å². The predicted octanol–water partition coefficient (Wildman–Crippen LogP) is -16.2.